The molecule has 0 amide bonds. The highest BCUT2D eigenvalue weighted by Crippen LogP contribution is 2.63. The van der Waals surface area contributed by atoms with Crippen molar-refractivity contribution in [2.24, 2.45) is 5.92 Å². The fraction of sp³-hybridized carbons (Fsp3) is 0.451. The third-order valence-corrected chi connectivity index (χ3v) is 14.3. The summed E-state index contributed by atoms with van der Waals surface area (Å²) >= 11 is 0. The summed E-state index contributed by atoms with van der Waals surface area (Å²) in [5, 5.41) is 26.6. The molecule has 6 aliphatic rings. The van der Waals surface area contributed by atoms with Crippen LogP contribution in [0.25, 0.3) is 17.2 Å². The predicted molar refractivity (Wildman–Crippen MR) is 234 cm³/mol. The van der Waals surface area contributed by atoms with Crippen molar-refractivity contribution in [1.82, 2.24) is 10.3 Å². The molecular formula is C51H55N3O7. The van der Waals surface area contributed by atoms with Gasteiger partial charge in [-0.25, -0.2) is 4.98 Å². The Bertz CT molecular complexity index is 2530. The Hall–Kier alpha value is -5.66. The molecule has 2 saturated carbocycles. The van der Waals surface area contributed by atoms with Crippen molar-refractivity contribution in [3.05, 3.63) is 92.7 Å². The number of carbonyl (C=O) groups is 1. The van der Waals surface area contributed by atoms with E-state index in [1.54, 1.807) is 19.2 Å². The van der Waals surface area contributed by atoms with Gasteiger partial charge in [-0.05, 0) is 109 Å². The van der Waals surface area contributed by atoms with Crippen LogP contribution in [0.2, 0.25) is 0 Å². The van der Waals surface area contributed by atoms with E-state index in [2.05, 4.69) is 54.4 Å². The van der Waals surface area contributed by atoms with E-state index < -0.39 is 6.10 Å². The first kappa shape index (κ1) is 39.5. The normalized spacial score (nSPS) is 24.5. The molecule has 10 heteroatoms. The van der Waals surface area contributed by atoms with Gasteiger partial charge < -0.3 is 40.2 Å². The van der Waals surface area contributed by atoms with Gasteiger partial charge in [0.1, 0.15) is 48.1 Å². The maximum Gasteiger partial charge on any atom is 0.302 e. The molecule has 3 aromatic carbocycles. The van der Waals surface area contributed by atoms with Gasteiger partial charge in [-0.3, -0.25) is 4.79 Å². The Kier molecular flexibility index (Phi) is 10.1. The number of phenols is 2. The topological polar surface area (TPSA) is 145 Å². The number of pyridine rings is 1. The second-order valence-electron chi connectivity index (χ2n) is 18.2. The molecule has 10 nitrogen and oxygen atoms in total. The van der Waals surface area contributed by atoms with Crippen molar-refractivity contribution in [3.8, 4) is 51.7 Å². The summed E-state index contributed by atoms with van der Waals surface area (Å²) in [6, 6.07) is 12.2. The van der Waals surface area contributed by atoms with E-state index in [0.717, 1.165) is 106 Å². The van der Waals surface area contributed by atoms with Crippen LogP contribution in [0.3, 0.4) is 0 Å². The number of aromatic nitrogens is 1. The van der Waals surface area contributed by atoms with Crippen LogP contribution in [0, 0.1) is 17.8 Å². The third-order valence-electron chi connectivity index (χ3n) is 14.3. The molecule has 1 aromatic heterocycles. The number of esters is 1. The largest absolute Gasteiger partial charge is 0.508 e. The van der Waals surface area contributed by atoms with Crippen LogP contribution in [0.15, 0.2) is 42.5 Å². The van der Waals surface area contributed by atoms with E-state index in [1.165, 1.54) is 26.2 Å². The number of aryl methyl sites for hydroxylation is 1. The molecular weight excluding hydrogens is 767 g/mol. The SMILES string of the molecule is CCc1cc2c(nc1N)C#CCc1cc(O)c3c(c1[C@H]1Oc4c(ccc5c4[C@@]4(CC[C@H](C2)C4)Cc2cc(O)cc(OC)c2-5)[C@@H]1COC(C)=O)C=C[C@@H](NC1CCCCC1)CO3. The van der Waals surface area contributed by atoms with Crippen LogP contribution in [-0.2, 0) is 40.6 Å². The number of carbonyl (C=O) groups excluding carboxylic acids is 1. The lowest BCUT2D eigenvalue weighted by Crippen LogP contribution is -2.41. The number of hydrogen-bond donors (Lipinski definition) is 4. The number of ether oxygens (including phenoxy) is 4. The van der Waals surface area contributed by atoms with Gasteiger partial charge >= 0.3 is 5.97 Å². The van der Waals surface area contributed by atoms with E-state index in [4.69, 9.17) is 29.7 Å². The highest BCUT2D eigenvalue weighted by atomic mass is 16.5. The number of nitrogens with one attached hydrogen (secondary N) is 1. The summed E-state index contributed by atoms with van der Waals surface area (Å²) in [6.45, 7) is 4.01. The smallest absolute Gasteiger partial charge is 0.302 e. The number of hydrogen-bond acceptors (Lipinski definition) is 10. The number of benzene rings is 3. The average Bonchev–Trinajstić information content (AvgIpc) is 3.74. The molecule has 5 N–H and O–H groups in total. The van der Waals surface area contributed by atoms with E-state index >= 15 is 0 Å². The van der Waals surface area contributed by atoms with Crippen molar-refractivity contribution >= 4 is 17.9 Å². The summed E-state index contributed by atoms with van der Waals surface area (Å²) in [5.41, 5.74) is 16.6. The molecule has 1 spiro atoms. The molecule has 0 unspecified atom stereocenters. The number of methoxy groups -OCH3 is 1. The molecule has 10 rings (SSSR count). The van der Waals surface area contributed by atoms with Crippen molar-refractivity contribution in [3.63, 3.8) is 0 Å². The third kappa shape index (κ3) is 6.95. The van der Waals surface area contributed by atoms with Crippen molar-refractivity contribution in [1.29, 1.82) is 0 Å². The summed E-state index contributed by atoms with van der Waals surface area (Å²) in [5.74, 6) is 9.01. The second kappa shape index (κ2) is 15.7. The number of phenolic OH excluding ortho intramolecular Hbond substituents is 2. The summed E-state index contributed by atoms with van der Waals surface area (Å²) in [6.07, 6.45) is 15.0. The minimum Gasteiger partial charge on any atom is -0.508 e. The number of anilines is 1. The molecule has 3 aliphatic carbocycles. The van der Waals surface area contributed by atoms with Gasteiger partial charge in [0.15, 0.2) is 11.5 Å². The highest BCUT2D eigenvalue weighted by Gasteiger charge is 2.51. The number of rotatable bonds is 6. The van der Waals surface area contributed by atoms with Gasteiger partial charge in [0, 0.05) is 58.7 Å². The molecule has 3 aliphatic heterocycles. The zero-order valence-corrected chi connectivity index (χ0v) is 35.4. The fourth-order valence-electron chi connectivity index (χ4n) is 11.6. The second-order valence-corrected chi connectivity index (χ2v) is 18.2. The molecule has 316 valence electrons. The lowest BCUT2D eigenvalue weighted by Gasteiger charge is -2.39. The van der Waals surface area contributed by atoms with Crippen LogP contribution in [0.5, 0.6) is 28.7 Å². The Morgan fingerprint density at radius 3 is 2.72 bits per heavy atom. The van der Waals surface area contributed by atoms with Crippen LogP contribution < -0.4 is 25.3 Å². The maximum absolute atomic E-state index is 12.6. The molecule has 2 fully saturated rings. The zero-order chi connectivity index (χ0) is 42.0. The molecule has 5 atom stereocenters. The number of nitrogens with two attached hydrogens (primary N) is 1. The minimum absolute atomic E-state index is 0.0411. The van der Waals surface area contributed by atoms with E-state index in [1.807, 2.05) is 6.07 Å². The van der Waals surface area contributed by atoms with Gasteiger partial charge in [-0.15, -0.1) is 0 Å². The first-order chi connectivity index (χ1) is 29.6. The lowest BCUT2D eigenvalue weighted by molar-refractivity contribution is -0.141. The zero-order valence-electron chi connectivity index (χ0n) is 35.4. The van der Waals surface area contributed by atoms with Crippen LogP contribution in [-0.4, -0.2) is 53.6 Å². The van der Waals surface area contributed by atoms with E-state index in [9.17, 15) is 15.0 Å². The maximum atomic E-state index is 12.6. The monoisotopic (exact) mass is 821 g/mol. The Morgan fingerprint density at radius 1 is 1.07 bits per heavy atom. The van der Waals surface area contributed by atoms with Crippen LogP contribution in [0.1, 0.15) is 127 Å². The lowest BCUT2D eigenvalue weighted by atomic mass is 9.65. The van der Waals surface area contributed by atoms with Gasteiger partial charge in [0.2, 0.25) is 0 Å². The number of aromatic hydroxyl groups is 2. The van der Waals surface area contributed by atoms with Crippen LogP contribution >= 0.6 is 0 Å². The van der Waals surface area contributed by atoms with Gasteiger partial charge in [0.05, 0.1) is 19.1 Å². The molecule has 4 bridgehead atoms. The van der Waals surface area contributed by atoms with Gasteiger partial charge in [0.25, 0.3) is 0 Å². The Labute approximate surface area is 357 Å². The van der Waals surface area contributed by atoms with E-state index in [0.29, 0.717) is 54.4 Å². The molecule has 4 heterocycles. The summed E-state index contributed by atoms with van der Waals surface area (Å²) in [7, 11) is 1.65. The quantitative estimate of drug-likeness (QED) is 0.110. The Balaban J connectivity index is 1.20. The van der Waals surface area contributed by atoms with Gasteiger partial charge in [-0.1, -0.05) is 56.4 Å². The van der Waals surface area contributed by atoms with Crippen LogP contribution in [0.4, 0.5) is 5.82 Å². The minimum atomic E-state index is -0.612. The predicted octanol–water partition coefficient (Wildman–Crippen LogP) is 8.53. The molecule has 61 heavy (non-hydrogen) atoms. The fourth-order valence-corrected chi connectivity index (χ4v) is 11.6. The Morgan fingerprint density at radius 2 is 1.92 bits per heavy atom. The van der Waals surface area contributed by atoms with E-state index in [-0.39, 0.29) is 41.4 Å². The summed E-state index contributed by atoms with van der Waals surface area (Å²) < 4.78 is 25.9. The number of fused-ring (bicyclic) bond motifs is 9. The number of nitrogens with zero attached hydrogens (tertiary/aromatic N) is 1. The van der Waals surface area contributed by atoms with Crippen molar-refractivity contribution in [2.75, 3.05) is 26.1 Å². The highest BCUT2D eigenvalue weighted by molar-refractivity contribution is 5.84. The molecule has 4 aromatic rings. The van der Waals surface area contributed by atoms with Crippen molar-refractivity contribution in [2.45, 2.75) is 120 Å². The first-order valence-electron chi connectivity index (χ1n) is 22.2. The first-order valence-corrected chi connectivity index (χ1v) is 22.2. The van der Waals surface area contributed by atoms with Gasteiger partial charge in [-0.2, -0.15) is 0 Å². The standard InChI is InChI=1S/C51H55N3O7/c1-4-30-20-32-19-29-17-18-51(24-29)25-33-21-36(56)23-43(58-3)44(33)38-16-15-37-40(27-59-28(2)55)48(61-49(37)46(38)51)45-31(9-8-12-41(32)54-50(30)52)22-42(57)47-39(45)14-13-35(26-60-47)53-34-10-6-5-7-11-34/h13-16,20-23,29,34-35,40,48,53,56-57H,4-7,9-11,17-19,24-27H2,1-3H3,(H2,52,54)/t29-,35-,40+,48+,51-/m1/s1. The average molecular weight is 822 g/mol. The molecule has 0 radical (unpaired) electrons. The molecule has 0 saturated heterocycles. The summed E-state index contributed by atoms with van der Waals surface area (Å²) in [4.78, 5) is 17.5. The van der Waals surface area contributed by atoms with Crippen molar-refractivity contribution < 1.29 is 34.0 Å². The number of nitrogen functional groups attached to an aromatic ring is 1.